The number of benzene rings is 1. The molecule has 0 saturated heterocycles. The SMILES string of the molecule is C[C@](N)(Cc1ccccc1)CC(F)(F)F. The molecular formula is C11H14F3N. The zero-order valence-electron chi connectivity index (χ0n) is 8.51. The van der Waals surface area contributed by atoms with Gasteiger partial charge in [0.2, 0.25) is 0 Å². The Morgan fingerprint density at radius 3 is 2.13 bits per heavy atom. The highest BCUT2D eigenvalue weighted by Gasteiger charge is 2.36. The highest BCUT2D eigenvalue weighted by molar-refractivity contribution is 5.17. The van der Waals surface area contributed by atoms with Crippen molar-refractivity contribution >= 4 is 0 Å². The van der Waals surface area contributed by atoms with E-state index in [1.54, 1.807) is 24.3 Å². The van der Waals surface area contributed by atoms with Gasteiger partial charge in [0, 0.05) is 5.54 Å². The number of nitrogens with two attached hydrogens (primary N) is 1. The summed E-state index contributed by atoms with van der Waals surface area (Å²) in [6, 6.07) is 8.96. The molecule has 0 radical (unpaired) electrons. The first kappa shape index (κ1) is 12.0. The first-order valence-corrected chi connectivity index (χ1v) is 4.68. The van der Waals surface area contributed by atoms with Crippen LogP contribution in [0.4, 0.5) is 13.2 Å². The van der Waals surface area contributed by atoms with E-state index >= 15 is 0 Å². The van der Waals surface area contributed by atoms with Gasteiger partial charge >= 0.3 is 6.18 Å². The standard InChI is InChI=1S/C11H14F3N/c1-10(15,8-11(12,13)14)7-9-5-3-2-4-6-9/h2-6H,7-8,15H2,1H3/t10-/m0/s1. The molecule has 0 fully saturated rings. The summed E-state index contributed by atoms with van der Waals surface area (Å²) in [4.78, 5) is 0. The Morgan fingerprint density at radius 2 is 1.67 bits per heavy atom. The van der Waals surface area contributed by atoms with Crippen LogP contribution in [0.15, 0.2) is 30.3 Å². The van der Waals surface area contributed by atoms with Crippen molar-refractivity contribution in [3.8, 4) is 0 Å². The molecule has 1 nitrogen and oxygen atoms in total. The van der Waals surface area contributed by atoms with Crippen LogP contribution >= 0.6 is 0 Å². The zero-order valence-corrected chi connectivity index (χ0v) is 8.51. The van der Waals surface area contributed by atoms with Crippen molar-refractivity contribution in [1.82, 2.24) is 0 Å². The Kier molecular flexibility index (Phi) is 3.39. The van der Waals surface area contributed by atoms with Crippen LogP contribution in [0.3, 0.4) is 0 Å². The molecule has 0 bridgehead atoms. The predicted octanol–water partition coefficient (Wildman–Crippen LogP) is 2.90. The fraction of sp³-hybridized carbons (Fsp3) is 0.455. The van der Waals surface area contributed by atoms with Gasteiger partial charge in [-0.15, -0.1) is 0 Å². The van der Waals surface area contributed by atoms with Gasteiger partial charge in [-0.25, -0.2) is 0 Å². The van der Waals surface area contributed by atoms with E-state index in [0.717, 1.165) is 5.56 Å². The largest absolute Gasteiger partial charge is 0.390 e. The summed E-state index contributed by atoms with van der Waals surface area (Å²) in [5.74, 6) is 0. The van der Waals surface area contributed by atoms with Crippen LogP contribution in [0.2, 0.25) is 0 Å². The zero-order chi connectivity index (χ0) is 11.5. The molecule has 0 unspecified atom stereocenters. The predicted molar refractivity (Wildman–Crippen MR) is 53.4 cm³/mol. The van der Waals surface area contributed by atoms with Crippen molar-refractivity contribution in [3.63, 3.8) is 0 Å². The third kappa shape index (κ3) is 4.83. The minimum atomic E-state index is -4.21. The van der Waals surface area contributed by atoms with E-state index in [0.29, 0.717) is 0 Å². The van der Waals surface area contributed by atoms with Crippen LogP contribution < -0.4 is 5.73 Å². The minimum absolute atomic E-state index is 0.230. The maximum Gasteiger partial charge on any atom is 0.390 e. The van der Waals surface area contributed by atoms with Gasteiger partial charge in [0.1, 0.15) is 0 Å². The number of hydrogen-bond donors (Lipinski definition) is 1. The van der Waals surface area contributed by atoms with E-state index in [1.165, 1.54) is 6.92 Å². The van der Waals surface area contributed by atoms with Crippen molar-refractivity contribution in [2.45, 2.75) is 31.5 Å². The lowest BCUT2D eigenvalue weighted by atomic mass is 9.90. The average molecular weight is 217 g/mol. The lowest BCUT2D eigenvalue weighted by Gasteiger charge is -2.25. The first-order chi connectivity index (χ1) is 6.79. The summed E-state index contributed by atoms with van der Waals surface area (Å²) in [7, 11) is 0. The lowest BCUT2D eigenvalue weighted by Crippen LogP contribution is -2.42. The molecule has 4 heteroatoms. The number of halogens is 3. The summed E-state index contributed by atoms with van der Waals surface area (Å²) in [5.41, 5.74) is 5.20. The molecule has 1 atom stereocenters. The monoisotopic (exact) mass is 217 g/mol. The van der Waals surface area contributed by atoms with Crippen LogP contribution in [0.25, 0.3) is 0 Å². The van der Waals surface area contributed by atoms with Gasteiger partial charge < -0.3 is 5.73 Å². The van der Waals surface area contributed by atoms with Gasteiger partial charge in [-0.2, -0.15) is 13.2 Å². The van der Waals surface area contributed by atoms with Crippen LogP contribution in [-0.4, -0.2) is 11.7 Å². The first-order valence-electron chi connectivity index (χ1n) is 4.68. The molecule has 2 N–H and O–H groups in total. The van der Waals surface area contributed by atoms with Gasteiger partial charge in [-0.05, 0) is 18.9 Å². The van der Waals surface area contributed by atoms with E-state index in [4.69, 9.17) is 5.73 Å². The second-order valence-corrected chi connectivity index (χ2v) is 4.11. The fourth-order valence-corrected chi connectivity index (χ4v) is 1.58. The number of hydrogen-bond acceptors (Lipinski definition) is 1. The highest BCUT2D eigenvalue weighted by atomic mass is 19.4. The van der Waals surface area contributed by atoms with E-state index in [9.17, 15) is 13.2 Å². The second kappa shape index (κ2) is 4.23. The van der Waals surface area contributed by atoms with Gasteiger partial charge in [0.15, 0.2) is 0 Å². The molecule has 84 valence electrons. The Hall–Kier alpha value is -1.03. The molecule has 0 aliphatic rings. The van der Waals surface area contributed by atoms with Crippen molar-refractivity contribution in [1.29, 1.82) is 0 Å². The summed E-state index contributed by atoms with van der Waals surface area (Å²) in [6.07, 6.45) is -4.94. The molecule has 0 spiro atoms. The number of alkyl halides is 3. The van der Waals surface area contributed by atoms with Crippen LogP contribution in [0.1, 0.15) is 18.9 Å². The molecule has 1 aromatic rings. The van der Waals surface area contributed by atoms with E-state index in [1.807, 2.05) is 6.07 Å². The summed E-state index contributed by atoms with van der Waals surface area (Å²) in [6.45, 7) is 1.42. The molecule has 0 aromatic heterocycles. The van der Waals surface area contributed by atoms with Crippen molar-refractivity contribution in [2.75, 3.05) is 0 Å². The quantitative estimate of drug-likeness (QED) is 0.827. The normalized spacial score (nSPS) is 16.1. The maximum atomic E-state index is 12.2. The Labute approximate surface area is 87.1 Å². The molecule has 0 amide bonds. The topological polar surface area (TPSA) is 26.0 Å². The molecule has 0 saturated carbocycles. The Morgan fingerprint density at radius 1 is 1.13 bits per heavy atom. The molecule has 15 heavy (non-hydrogen) atoms. The Balaban J connectivity index is 2.65. The summed E-state index contributed by atoms with van der Waals surface area (Å²) < 4.78 is 36.5. The van der Waals surface area contributed by atoms with Crippen LogP contribution in [0, 0.1) is 0 Å². The maximum absolute atomic E-state index is 12.2. The van der Waals surface area contributed by atoms with Crippen molar-refractivity contribution < 1.29 is 13.2 Å². The summed E-state index contributed by atoms with van der Waals surface area (Å²) >= 11 is 0. The highest BCUT2D eigenvalue weighted by Crippen LogP contribution is 2.27. The van der Waals surface area contributed by atoms with Gasteiger partial charge in [0.25, 0.3) is 0 Å². The summed E-state index contributed by atoms with van der Waals surface area (Å²) in [5, 5.41) is 0. The molecule has 0 aliphatic carbocycles. The number of rotatable bonds is 3. The molecule has 0 aliphatic heterocycles. The minimum Gasteiger partial charge on any atom is -0.325 e. The molecule has 0 heterocycles. The molecule has 1 rings (SSSR count). The fourth-order valence-electron chi connectivity index (χ4n) is 1.58. The van der Waals surface area contributed by atoms with E-state index < -0.39 is 18.1 Å². The third-order valence-corrected chi connectivity index (χ3v) is 2.06. The smallest absolute Gasteiger partial charge is 0.325 e. The average Bonchev–Trinajstić information content (AvgIpc) is 1.99. The second-order valence-electron chi connectivity index (χ2n) is 4.11. The van der Waals surface area contributed by atoms with Gasteiger partial charge in [-0.1, -0.05) is 30.3 Å². The van der Waals surface area contributed by atoms with Crippen molar-refractivity contribution in [2.24, 2.45) is 5.73 Å². The lowest BCUT2D eigenvalue weighted by molar-refractivity contribution is -0.145. The van der Waals surface area contributed by atoms with Gasteiger partial charge in [0.05, 0.1) is 6.42 Å². The van der Waals surface area contributed by atoms with Crippen LogP contribution in [-0.2, 0) is 6.42 Å². The Bertz CT molecular complexity index is 303. The molecular weight excluding hydrogens is 203 g/mol. The van der Waals surface area contributed by atoms with E-state index in [-0.39, 0.29) is 6.42 Å². The van der Waals surface area contributed by atoms with Crippen molar-refractivity contribution in [3.05, 3.63) is 35.9 Å². The van der Waals surface area contributed by atoms with Crippen LogP contribution in [0.5, 0.6) is 0 Å². The van der Waals surface area contributed by atoms with E-state index in [2.05, 4.69) is 0 Å². The van der Waals surface area contributed by atoms with Gasteiger partial charge in [-0.3, -0.25) is 0 Å². The molecule has 1 aromatic carbocycles. The third-order valence-electron chi connectivity index (χ3n) is 2.06.